The Kier molecular flexibility index (Phi) is 4.74. The molecule has 1 aliphatic heterocycles. The van der Waals surface area contributed by atoms with Crippen LogP contribution >= 0.6 is 0 Å². The molecule has 2 aromatic carbocycles. The van der Waals surface area contributed by atoms with E-state index in [1.54, 1.807) is 12.1 Å². The van der Waals surface area contributed by atoms with Gasteiger partial charge in [0, 0.05) is 12.1 Å². The summed E-state index contributed by atoms with van der Waals surface area (Å²) in [6.07, 6.45) is -0.146. The monoisotopic (exact) mass is 341 g/mol. The summed E-state index contributed by atoms with van der Waals surface area (Å²) in [5, 5.41) is 6.93. The number of amides is 4. The van der Waals surface area contributed by atoms with Gasteiger partial charge < -0.3 is 10.6 Å². The number of imide groups is 1. The lowest BCUT2D eigenvalue weighted by atomic mass is 10.0. The molecule has 0 aliphatic carbocycles. The zero-order valence-corrected chi connectivity index (χ0v) is 13.2. The first-order valence-electron chi connectivity index (χ1n) is 7.75. The number of urea groups is 1. The Morgan fingerprint density at radius 1 is 1.12 bits per heavy atom. The van der Waals surface area contributed by atoms with Gasteiger partial charge in [0.05, 0.1) is 6.42 Å². The van der Waals surface area contributed by atoms with E-state index in [1.807, 2.05) is 35.6 Å². The van der Waals surface area contributed by atoms with Crippen LogP contribution in [0.5, 0.6) is 0 Å². The highest BCUT2D eigenvalue weighted by Crippen LogP contribution is 2.21. The zero-order chi connectivity index (χ0) is 17.8. The first kappa shape index (κ1) is 16.6. The maximum absolute atomic E-state index is 14.3. The van der Waals surface area contributed by atoms with Crippen molar-refractivity contribution >= 4 is 17.8 Å². The molecule has 1 saturated heterocycles. The third-order valence-corrected chi connectivity index (χ3v) is 3.88. The van der Waals surface area contributed by atoms with Gasteiger partial charge >= 0.3 is 6.03 Å². The quantitative estimate of drug-likeness (QED) is 0.791. The van der Waals surface area contributed by atoms with E-state index in [1.165, 1.54) is 6.07 Å². The minimum Gasteiger partial charge on any atom is -0.350 e. The van der Waals surface area contributed by atoms with Crippen LogP contribution in [-0.2, 0) is 16.1 Å². The topological polar surface area (TPSA) is 87.3 Å². The number of nitrogens with one attached hydrogen (secondary N) is 3. The number of rotatable bonds is 4. The minimum atomic E-state index is -0.951. The summed E-state index contributed by atoms with van der Waals surface area (Å²) >= 11 is 0. The van der Waals surface area contributed by atoms with Gasteiger partial charge in [0.1, 0.15) is 11.9 Å². The number of halogens is 1. The number of benzene rings is 2. The van der Waals surface area contributed by atoms with Gasteiger partial charge in [-0.05, 0) is 17.2 Å². The number of carbonyl (C=O) groups is 3. The molecular formula is C18H16FN3O3. The molecule has 0 unspecified atom stereocenters. The van der Waals surface area contributed by atoms with E-state index in [-0.39, 0.29) is 13.0 Å². The van der Waals surface area contributed by atoms with Gasteiger partial charge in [-0.3, -0.25) is 14.9 Å². The van der Waals surface area contributed by atoms with Crippen molar-refractivity contribution in [3.8, 4) is 11.1 Å². The summed E-state index contributed by atoms with van der Waals surface area (Å²) in [7, 11) is 0. The number of hydrogen-bond donors (Lipinski definition) is 3. The Labute approximate surface area is 143 Å². The number of hydrogen-bond acceptors (Lipinski definition) is 3. The highest BCUT2D eigenvalue weighted by molar-refractivity contribution is 6.02. The van der Waals surface area contributed by atoms with Crippen molar-refractivity contribution in [2.45, 2.75) is 19.0 Å². The lowest BCUT2D eigenvalue weighted by Crippen LogP contribution is -2.57. The molecule has 0 spiro atoms. The molecule has 3 rings (SSSR count). The maximum Gasteiger partial charge on any atom is 0.322 e. The van der Waals surface area contributed by atoms with Crippen molar-refractivity contribution in [1.82, 2.24) is 16.0 Å². The molecule has 0 aromatic heterocycles. The van der Waals surface area contributed by atoms with Crippen LogP contribution in [0.25, 0.3) is 11.1 Å². The molecule has 25 heavy (non-hydrogen) atoms. The van der Waals surface area contributed by atoms with Gasteiger partial charge in [-0.15, -0.1) is 0 Å². The fraction of sp³-hybridized carbons (Fsp3) is 0.167. The molecule has 3 N–H and O–H groups in total. The Balaban J connectivity index is 1.64. The van der Waals surface area contributed by atoms with Crippen molar-refractivity contribution in [3.63, 3.8) is 0 Å². The van der Waals surface area contributed by atoms with E-state index in [4.69, 9.17) is 0 Å². The van der Waals surface area contributed by atoms with Gasteiger partial charge in [0.25, 0.3) is 0 Å². The lowest BCUT2D eigenvalue weighted by molar-refractivity contribution is -0.128. The van der Waals surface area contributed by atoms with Crippen molar-refractivity contribution in [3.05, 3.63) is 59.9 Å². The summed E-state index contributed by atoms with van der Waals surface area (Å²) in [6.45, 7) is -0.0340. The molecule has 2 aromatic rings. The Morgan fingerprint density at radius 2 is 1.88 bits per heavy atom. The largest absolute Gasteiger partial charge is 0.350 e. The first-order chi connectivity index (χ1) is 12.0. The van der Waals surface area contributed by atoms with Crippen molar-refractivity contribution in [1.29, 1.82) is 0 Å². The normalized spacial score (nSPS) is 16.8. The average molecular weight is 341 g/mol. The van der Waals surface area contributed by atoms with E-state index in [2.05, 4.69) is 10.6 Å². The van der Waals surface area contributed by atoms with Crippen LogP contribution in [0.15, 0.2) is 48.5 Å². The predicted octanol–water partition coefficient (Wildman–Crippen LogP) is 1.71. The fourth-order valence-electron chi connectivity index (χ4n) is 2.57. The van der Waals surface area contributed by atoms with Crippen LogP contribution in [0.3, 0.4) is 0 Å². The fourth-order valence-corrected chi connectivity index (χ4v) is 2.57. The zero-order valence-electron chi connectivity index (χ0n) is 13.2. The van der Waals surface area contributed by atoms with Gasteiger partial charge in [0.15, 0.2) is 0 Å². The summed E-state index contributed by atoms with van der Waals surface area (Å²) in [6, 6.07) is 12.5. The summed E-state index contributed by atoms with van der Waals surface area (Å²) in [5.41, 5.74) is 1.96. The number of carbonyl (C=O) groups excluding carboxylic acids is 3. The Hall–Kier alpha value is -3.22. The van der Waals surface area contributed by atoms with Crippen LogP contribution in [0, 0.1) is 5.82 Å². The van der Waals surface area contributed by atoms with Gasteiger partial charge in [-0.25, -0.2) is 9.18 Å². The molecular weight excluding hydrogens is 325 g/mol. The minimum absolute atomic E-state index is 0.0340. The Bertz CT molecular complexity index is 808. The second-order valence-corrected chi connectivity index (χ2v) is 5.67. The van der Waals surface area contributed by atoms with Crippen molar-refractivity contribution < 1.29 is 18.8 Å². The second-order valence-electron chi connectivity index (χ2n) is 5.67. The highest BCUT2D eigenvalue weighted by Gasteiger charge is 2.29. The van der Waals surface area contributed by atoms with Crippen LogP contribution in [0.4, 0.5) is 9.18 Å². The molecule has 1 heterocycles. The average Bonchev–Trinajstić information content (AvgIpc) is 2.60. The van der Waals surface area contributed by atoms with Crippen LogP contribution in [0.1, 0.15) is 12.0 Å². The third kappa shape index (κ3) is 4.00. The third-order valence-electron chi connectivity index (χ3n) is 3.88. The smallest absolute Gasteiger partial charge is 0.322 e. The molecule has 4 amide bonds. The van der Waals surface area contributed by atoms with E-state index >= 15 is 0 Å². The van der Waals surface area contributed by atoms with E-state index in [0.29, 0.717) is 5.56 Å². The van der Waals surface area contributed by atoms with Crippen LogP contribution in [-0.4, -0.2) is 23.9 Å². The van der Waals surface area contributed by atoms with E-state index < -0.39 is 29.7 Å². The summed E-state index contributed by atoms with van der Waals surface area (Å²) in [4.78, 5) is 34.5. The van der Waals surface area contributed by atoms with E-state index in [9.17, 15) is 18.8 Å². The summed E-state index contributed by atoms with van der Waals surface area (Å²) < 4.78 is 14.3. The van der Waals surface area contributed by atoms with Crippen LogP contribution < -0.4 is 16.0 Å². The molecule has 128 valence electrons. The SMILES string of the molecule is O=C1C[C@@H](C(=O)NCc2ccc(-c3ccccc3)cc2F)NC(=O)N1. The molecule has 0 bridgehead atoms. The standard InChI is InChI=1S/C18H16FN3O3/c19-14-8-12(11-4-2-1-3-5-11)6-7-13(14)10-20-17(24)15-9-16(23)22-18(25)21-15/h1-8,15H,9-10H2,(H,20,24)(H2,21,22,23,25)/t15-/m0/s1. The first-order valence-corrected chi connectivity index (χ1v) is 7.75. The lowest BCUT2D eigenvalue weighted by Gasteiger charge is -2.22. The maximum atomic E-state index is 14.3. The van der Waals surface area contributed by atoms with Crippen molar-refractivity contribution in [2.24, 2.45) is 0 Å². The highest BCUT2D eigenvalue weighted by atomic mass is 19.1. The molecule has 0 radical (unpaired) electrons. The molecule has 1 atom stereocenters. The molecule has 0 saturated carbocycles. The van der Waals surface area contributed by atoms with Crippen LogP contribution in [0.2, 0.25) is 0 Å². The van der Waals surface area contributed by atoms with Gasteiger partial charge in [-0.1, -0.05) is 42.5 Å². The van der Waals surface area contributed by atoms with Crippen molar-refractivity contribution in [2.75, 3.05) is 0 Å². The Morgan fingerprint density at radius 3 is 2.56 bits per heavy atom. The molecule has 6 nitrogen and oxygen atoms in total. The predicted molar refractivity (Wildman–Crippen MR) is 88.8 cm³/mol. The van der Waals surface area contributed by atoms with Gasteiger partial charge in [-0.2, -0.15) is 0 Å². The second kappa shape index (κ2) is 7.12. The van der Waals surface area contributed by atoms with E-state index in [0.717, 1.165) is 11.1 Å². The van der Waals surface area contributed by atoms with Gasteiger partial charge in [0.2, 0.25) is 11.8 Å². The molecule has 7 heteroatoms. The molecule has 1 aliphatic rings. The summed E-state index contributed by atoms with van der Waals surface area (Å²) in [5.74, 6) is -1.50. The molecule has 1 fully saturated rings.